The molecule has 1 unspecified atom stereocenters. The van der Waals surface area contributed by atoms with E-state index >= 15 is 0 Å². The normalized spacial score (nSPS) is 17.6. The van der Waals surface area contributed by atoms with Gasteiger partial charge in [0.1, 0.15) is 11.7 Å². The van der Waals surface area contributed by atoms with Crippen molar-refractivity contribution in [2.45, 2.75) is 32.0 Å². The molecule has 1 N–H and O–H groups in total. The Labute approximate surface area is 201 Å². The number of nitrogens with one attached hydrogen (secondary N) is 1. The van der Waals surface area contributed by atoms with Gasteiger partial charge in [-0.05, 0) is 36.2 Å². The van der Waals surface area contributed by atoms with Crippen molar-refractivity contribution in [1.29, 1.82) is 0 Å². The number of hydrogen-bond acceptors (Lipinski definition) is 8. The highest BCUT2D eigenvalue weighted by atomic mass is 16.5. The average Bonchev–Trinajstić information content (AvgIpc) is 3.47. The molecule has 2 aliphatic rings. The number of nitrogens with zero attached hydrogens (tertiary/aromatic N) is 5. The van der Waals surface area contributed by atoms with Gasteiger partial charge in [-0.2, -0.15) is 0 Å². The maximum absolute atomic E-state index is 12.9. The molecule has 35 heavy (non-hydrogen) atoms. The van der Waals surface area contributed by atoms with Gasteiger partial charge in [0.2, 0.25) is 11.8 Å². The van der Waals surface area contributed by atoms with Crippen LogP contribution in [0.2, 0.25) is 0 Å². The van der Waals surface area contributed by atoms with Crippen LogP contribution in [0.15, 0.2) is 42.6 Å². The van der Waals surface area contributed by atoms with Crippen molar-refractivity contribution in [3.8, 4) is 17.1 Å². The Morgan fingerprint density at radius 2 is 2.03 bits per heavy atom. The topological polar surface area (TPSA) is 129 Å². The summed E-state index contributed by atoms with van der Waals surface area (Å²) in [6.45, 7) is 1.66. The third kappa shape index (κ3) is 4.68. The number of benzene rings is 1. The largest absolute Gasteiger partial charge is 0.382 e. The number of methoxy groups -OCH3 is 1. The Bertz CT molecular complexity index is 1290. The Morgan fingerprint density at radius 1 is 1.14 bits per heavy atom. The fourth-order valence-corrected chi connectivity index (χ4v) is 4.24. The highest BCUT2D eigenvalue weighted by Crippen LogP contribution is 2.30. The first kappa shape index (κ1) is 22.8. The number of ether oxygens (including phenoxy) is 2. The summed E-state index contributed by atoms with van der Waals surface area (Å²) in [7, 11) is 1.62. The van der Waals surface area contributed by atoms with E-state index in [0.29, 0.717) is 49.9 Å². The van der Waals surface area contributed by atoms with E-state index in [1.807, 2.05) is 30.3 Å². The second-order valence-corrected chi connectivity index (χ2v) is 8.35. The molecule has 3 amide bonds. The van der Waals surface area contributed by atoms with Gasteiger partial charge in [-0.3, -0.25) is 19.7 Å². The number of rotatable bonds is 8. The number of aromatic nitrogens is 4. The molecule has 11 nitrogen and oxygen atoms in total. The summed E-state index contributed by atoms with van der Waals surface area (Å²) >= 11 is 0. The number of amides is 3. The van der Waals surface area contributed by atoms with E-state index in [-0.39, 0.29) is 18.2 Å². The molecule has 0 bridgehead atoms. The van der Waals surface area contributed by atoms with Crippen molar-refractivity contribution in [1.82, 2.24) is 30.2 Å². The van der Waals surface area contributed by atoms with Crippen molar-refractivity contribution in [3.63, 3.8) is 0 Å². The number of carbonyl (C=O) groups excluding carboxylic acids is 3. The van der Waals surface area contributed by atoms with Crippen LogP contribution in [0.3, 0.4) is 0 Å². The van der Waals surface area contributed by atoms with E-state index in [9.17, 15) is 14.4 Å². The van der Waals surface area contributed by atoms with Gasteiger partial charge in [0, 0.05) is 31.2 Å². The molecule has 1 atom stereocenters. The number of fused-ring (bicyclic) bond motifs is 1. The van der Waals surface area contributed by atoms with Gasteiger partial charge in [0.05, 0.1) is 31.7 Å². The lowest BCUT2D eigenvalue weighted by Crippen LogP contribution is -2.52. The summed E-state index contributed by atoms with van der Waals surface area (Å²) in [4.78, 5) is 42.7. The number of hydrogen-bond donors (Lipinski definition) is 1. The molecule has 4 heterocycles. The maximum Gasteiger partial charge on any atom is 0.255 e. The second-order valence-electron chi connectivity index (χ2n) is 8.35. The summed E-state index contributed by atoms with van der Waals surface area (Å²) in [6, 6.07) is 10.4. The molecular weight excluding hydrogens is 452 g/mol. The molecule has 0 saturated carbocycles. The second kappa shape index (κ2) is 9.72. The molecule has 3 aromatic rings. The van der Waals surface area contributed by atoms with Crippen molar-refractivity contribution in [2.24, 2.45) is 0 Å². The lowest BCUT2D eigenvalue weighted by atomic mass is 10.0. The van der Waals surface area contributed by atoms with E-state index in [2.05, 4.69) is 20.6 Å². The molecule has 11 heteroatoms. The predicted octanol–water partition coefficient (Wildman–Crippen LogP) is 1.25. The molecule has 1 fully saturated rings. The van der Waals surface area contributed by atoms with Gasteiger partial charge >= 0.3 is 0 Å². The van der Waals surface area contributed by atoms with E-state index < -0.39 is 11.9 Å². The molecule has 0 spiro atoms. The molecule has 0 radical (unpaired) electrons. The summed E-state index contributed by atoms with van der Waals surface area (Å²) in [5, 5.41) is 10.8. The molecule has 1 saturated heterocycles. The van der Waals surface area contributed by atoms with Crippen molar-refractivity contribution < 1.29 is 23.9 Å². The minimum atomic E-state index is -0.645. The van der Waals surface area contributed by atoms with Crippen LogP contribution in [-0.2, 0) is 32.2 Å². The molecule has 1 aromatic carbocycles. The first-order valence-electron chi connectivity index (χ1n) is 11.3. The minimum Gasteiger partial charge on any atom is -0.382 e. The molecule has 5 rings (SSSR count). The zero-order chi connectivity index (χ0) is 24.4. The zero-order valence-electron chi connectivity index (χ0n) is 19.1. The lowest BCUT2D eigenvalue weighted by molar-refractivity contribution is -0.136. The summed E-state index contributed by atoms with van der Waals surface area (Å²) in [5.74, 6) is -0.334. The van der Waals surface area contributed by atoms with Gasteiger partial charge in [-0.25, -0.2) is 9.67 Å². The monoisotopic (exact) mass is 476 g/mol. The zero-order valence-corrected chi connectivity index (χ0v) is 19.1. The number of piperidine rings is 1. The molecule has 0 aliphatic carbocycles. The van der Waals surface area contributed by atoms with Gasteiger partial charge < -0.3 is 14.4 Å². The quantitative estimate of drug-likeness (QED) is 0.380. The Balaban J connectivity index is 1.32. The van der Waals surface area contributed by atoms with Gasteiger partial charge in [0.25, 0.3) is 5.91 Å². The first-order chi connectivity index (χ1) is 17.0. The highest BCUT2D eigenvalue weighted by Gasteiger charge is 2.39. The van der Waals surface area contributed by atoms with Crippen molar-refractivity contribution in [3.05, 3.63) is 59.4 Å². The standard InChI is InChI=1S/C24H24N6O5/c1-34-9-10-35-14-17-3-2-4-21(25-17)30-13-19(27-28-30)15-5-6-18-16(11-15)12-29(24(18)33)20-7-8-22(31)26-23(20)32/h2-6,11,13,20H,7-10,12,14H2,1H3,(H,26,31,32). The van der Waals surface area contributed by atoms with Crippen molar-refractivity contribution in [2.75, 3.05) is 20.3 Å². The van der Waals surface area contributed by atoms with Crippen LogP contribution in [-0.4, -0.2) is 69.0 Å². The third-order valence-electron chi connectivity index (χ3n) is 6.02. The molecule has 2 aromatic heterocycles. The van der Waals surface area contributed by atoms with Crippen LogP contribution < -0.4 is 5.32 Å². The Kier molecular flexibility index (Phi) is 6.34. The fraction of sp³-hybridized carbons (Fsp3) is 0.333. The Hall–Kier alpha value is -3.96. The number of carbonyl (C=O) groups is 3. The maximum atomic E-state index is 12.9. The van der Waals surface area contributed by atoms with Gasteiger partial charge in [-0.15, -0.1) is 5.10 Å². The Morgan fingerprint density at radius 3 is 2.86 bits per heavy atom. The molecule has 2 aliphatic heterocycles. The minimum absolute atomic E-state index is 0.210. The lowest BCUT2D eigenvalue weighted by Gasteiger charge is -2.29. The summed E-state index contributed by atoms with van der Waals surface area (Å²) in [5.41, 5.74) is 3.55. The van der Waals surface area contributed by atoms with E-state index in [1.165, 1.54) is 4.90 Å². The SMILES string of the molecule is COCCOCc1cccc(-n2cc(-c3ccc4c(c3)CN(C3CCC(=O)NC3=O)C4=O)nn2)n1. The van der Waals surface area contributed by atoms with Gasteiger partial charge in [0.15, 0.2) is 5.82 Å². The van der Waals surface area contributed by atoms with Crippen LogP contribution in [0.5, 0.6) is 0 Å². The number of imide groups is 1. The van der Waals surface area contributed by atoms with Crippen LogP contribution in [0.4, 0.5) is 0 Å². The molecule has 180 valence electrons. The third-order valence-corrected chi connectivity index (χ3v) is 6.02. The highest BCUT2D eigenvalue weighted by molar-refractivity contribution is 6.05. The summed E-state index contributed by atoms with van der Waals surface area (Å²) in [6.07, 6.45) is 2.32. The average molecular weight is 476 g/mol. The van der Waals surface area contributed by atoms with E-state index in [0.717, 1.165) is 16.8 Å². The van der Waals surface area contributed by atoms with Crippen LogP contribution in [0.25, 0.3) is 17.1 Å². The smallest absolute Gasteiger partial charge is 0.255 e. The summed E-state index contributed by atoms with van der Waals surface area (Å²) < 4.78 is 12.1. The molecular formula is C24H24N6O5. The first-order valence-corrected chi connectivity index (χ1v) is 11.3. The van der Waals surface area contributed by atoms with Crippen LogP contribution in [0, 0.1) is 0 Å². The fourth-order valence-electron chi connectivity index (χ4n) is 4.24. The predicted molar refractivity (Wildman–Crippen MR) is 122 cm³/mol. The van der Waals surface area contributed by atoms with Crippen molar-refractivity contribution >= 4 is 17.7 Å². The van der Waals surface area contributed by atoms with Gasteiger partial charge in [-0.1, -0.05) is 17.3 Å². The van der Waals surface area contributed by atoms with E-state index in [4.69, 9.17) is 9.47 Å². The number of pyridine rings is 1. The van der Waals surface area contributed by atoms with E-state index in [1.54, 1.807) is 24.1 Å². The van der Waals surface area contributed by atoms with Crippen LogP contribution in [0.1, 0.15) is 34.5 Å². The van der Waals surface area contributed by atoms with Crippen LogP contribution >= 0.6 is 0 Å².